The second kappa shape index (κ2) is 4.95. The molecule has 0 N–H and O–H groups in total. The highest BCUT2D eigenvalue weighted by atomic mass is 13.8. The highest BCUT2D eigenvalue weighted by Gasteiger charge is 1.80. The summed E-state index contributed by atoms with van der Waals surface area (Å²) in [5, 5.41) is 0. The first-order valence-electron chi connectivity index (χ1n) is 3.22. The molecule has 0 spiro atoms. The van der Waals surface area contributed by atoms with E-state index < -0.39 is 0 Å². The number of hydrogen-bond acceptors (Lipinski definition) is 0. The number of allylic oxidation sites excluding steroid dienone is 2. The van der Waals surface area contributed by atoms with E-state index in [1.165, 1.54) is 0 Å². The molecule has 0 aliphatic heterocycles. The lowest BCUT2D eigenvalue weighted by Crippen LogP contribution is -1.78. The Kier molecular flexibility index (Phi) is 4.83. The van der Waals surface area contributed by atoms with Gasteiger partial charge in [0.25, 0.3) is 0 Å². The van der Waals surface area contributed by atoms with Gasteiger partial charge in [0.2, 0.25) is 0 Å². The minimum absolute atomic E-state index is 0.704. The zero-order valence-electron chi connectivity index (χ0n) is 6.02. The van der Waals surface area contributed by atoms with Crippen LogP contribution < -0.4 is 0 Å². The molecule has 0 fully saturated rings. The summed E-state index contributed by atoms with van der Waals surface area (Å²) >= 11 is 0. The van der Waals surface area contributed by atoms with E-state index in [9.17, 15) is 0 Å². The Morgan fingerprint density at radius 3 is 2.50 bits per heavy atom. The van der Waals surface area contributed by atoms with E-state index in [2.05, 4.69) is 40.1 Å². The molecule has 0 rings (SSSR count). The van der Waals surface area contributed by atoms with Gasteiger partial charge in [0.1, 0.15) is 7.28 Å². The predicted molar refractivity (Wildman–Crippen MR) is 40.4 cm³/mol. The summed E-state index contributed by atoms with van der Waals surface area (Å²) in [6.07, 6.45) is 5.53. The second-order valence-electron chi connectivity index (χ2n) is 2.32. The molecular weight excluding hydrogens is 94.9 g/mol. The first-order valence-corrected chi connectivity index (χ1v) is 3.22. The molecule has 0 atom stereocenters. The smallest absolute Gasteiger partial charge is 0.0961 e. The fraction of sp³-hybridized carbons (Fsp3) is 0.714. The topological polar surface area (TPSA) is 0 Å². The van der Waals surface area contributed by atoms with Crippen molar-refractivity contribution in [3.05, 3.63) is 12.2 Å². The highest BCUT2D eigenvalue weighted by molar-refractivity contribution is 6.34. The van der Waals surface area contributed by atoms with Crippen molar-refractivity contribution in [2.24, 2.45) is 5.92 Å². The largest absolute Gasteiger partial charge is 0.110 e. The van der Waals surface area contributed by atoms with Crippen LogP contribution in [-0.4, -0.2) is 7.28 Å². The Morgan fingerprint density at radius 1 is 1.50 bits per heavy atom. The minimum Gasteiger partial charge on any atom is -0.0961 e. The number of rotatable bonds is 3. The summed E-state index contributed by atoms with van der Waals surface area (Å²) in [5.41, 5.74) is 0. The van der Waals surface area contributed by atoms with E-state index in [0.717, 1.165) is 6.32 Å². The van der Waals surface area contributed by atoms with Gasteiger partial charge in [-0.3, -0.25) is 0 Å². The number of hydrogen-bond donors (Lipinski definition) is 0. The first kappa shape index (κ1) is 7.80. The summed E-state index contributed by atoms with van der Waals surface area (Å²) < 4.78 is 0. The molecule has 0 heterocycles. The van der Waals surface area contributed by atoms with Gasteiger partial charge in [-0.15, -0.1) is 0 Å². The van der Waals surface area contributed by atoms with Crippen molar-refractivity contribution in [3.8, 4) is 0 Å². The van der Waals surface area contributed by atoms with Crippen LogP contribution >= 0.6 is 0 Å². The van der Waals surface area contributed by atoms with E-state index in [1.807, 2.05) is 0 Å². The quantitative estimate of drug-likeness (QED) is 0.385. The van der Waals surface area contributed by atoms with E-state index in [4.69, 9.17) is 0 Å². The molecule has 0 aromatic carbocycles. The second-order valence-corrected chi connectivity index (χ2v) is 2.32. The zero-order chi connectivity index (χ0) is 6.41. The lowest BCUT2D eigenvalue weighted by atomic mass is 9.78. The molecule has 1 radical (unpaired) electrons. The maximum atomic E-state index is 2.22. The van der Waals surface area contributed by atoms with Gasteiger partial charge in [-0.2, -0.15) is 0 Å². The molecule has 0 unspecified atom stereocenters. The van der Waals surface area contributed by atoms with Crippen molar-refractivity contribution >= 4 is 7.28 Å². The van der Waals surface area contributed by atoms with Crippen LogP contribution in [0.25, 0.3) is 0 Å². The van der Waals surface area contributed by atoms with E-state index in [0.29, 0.717) is 5.92 Å². The highest BCUT2D eigenvalue weighted by Crippen LogP contribution is 1.94. The molecule has 0 aromatic rings. The van der Waals surface area contributed by atoms with Gasteiger partial charge in [0.05, 0.1) is 0 Å². The molecular formula is C7H14B. The molecule has 0 amide bonds. The Labute approximate surface area is 53.2 Å². The molecule has 0 aliphatic rings. The minimum atomic E-state index is 0.704. The summed E-state index contributed by atoms with van der Waals surface area (Å²) in [6, 6.07) is 0. The van der Waals surface area contributed by atoms with Gasteiger partial charge in [0, 0.05) is 0 Å². The van der Waals surface area contributed by atoms with Crippen molar-refractivity contribution in [1.82, 2.24) is 0 Å². The average molecular weight is 109 g/mol. The Morgan fingerprint density at radius 2 is 2.12 bits per heavy atom. The first-order chi connectivity index (χ1) is 3.77. The van der Waals surface area contributed by atoms with Crippen LogP contribution in [0.3, 0.4) is 0 Å². The molecule has 8 heavy (non-hydrogen) atoms. The van der Waals surface area contributed by atoms with Crippen LogP contribution in [0.15, 0.2) is 12.2 Å². The van der Waals surface area contributed by atoms with E-state index >= 15 is 0 Å². The molecule has 0 saturated carbocycles. The summed E-state index contributed by atoms with van der Waals surface area (Å²) in [4.78, 5) is 0. The zero-order valence-corrected chi connectivity index (χ0v) is 6.02. The molecule has 0 aromatic heterocycles. The molecule has 1 heteroatoms. The van der Waals surface area contributed by atoms with Crippen molar-refractivity contribution in [3.63, 3.8) is 0 Å². The predicted octanol–water partition coefficient (Wildman–Crippen LogP) is 2.37. The Balaban J connectivity index is 3.07. The SMILES string of the molecule is C[B]C/C=C/C(C)C. The molecule has 0 nitrogen and oxygen atoms in total. The van der Waals surface area contributed by atoms with Crippen LogP contribution in [-0.2, 0) is 0 Å². The summed E-state index contributed by atoms with van der Waals surface area (Å²) in [5.74, 6) is 0.704. The van der Waals surface area contributed by atoms with Crippen molar-refractivity contribution in [2.75, 3.05) is 0 Å². The van der Waals surface area contributed by atoms with E-state index in [1.54, 1.807) is 0 Å². The van der Waals surface area contributed by atoms with Gasteiger partial charge in [-0.1, -0.05) is 39.1 Å². The lowest BCUT2D eigenvalue weighted by molar-refractivity contribution is 0.830. The van der Waals surface area contributed by atoms with Crippen LogP contribution in [0, 0.1) is 5.92 Å². The summed E-state index contributed by atoms with van der Waals surface area (Å²) in [6.45, 7) is 6.45. The maximum Gasteiger partial charge on any atom is 0.110 e. The van der Waals surface area contributed by atoms with Crippen molar-refractivity contribution in [2.45, 2.75) is 27.0 Å². The van der Waals surface area contributed by atoms with Crippen molar-refractivity contribution < 1.29 is 0 Å². The third kappa shape index (κ3) is 5.80. The maximum absolute atomic E-state index is 2.22. The monoisotopic (exact) mass is 109 g/mol. The van der Waals surface area contributed by atoms with Crippen LogP contribution in [0.1, 0.15) is 13.8 Å². The third-order valence-electron chi connectivity index (χ3n) is 0.893. The fourth-order valence-electron chi connectivity index (χ4n) is 0.487. The molecule has 45 valence electrons. The normalized spacial score (nSPS) is 11.0. The Hall–Kier alpha value is -0.195. The molecule has 0 bridgehead atoms. The standard InChI is InChI=1S/C7H14B/c1-7(2)5-4-6-8-3/h4-5,7H,6H2,1-3H3/b5-4+. The van der Waals surface area contributed by atoms with Crippen LogP contribution in [0.5, 0.6) is 0 Å². The molecule has 0 saturated heterocycles. The van der Waals surface area contributed by atoms with Gasteiger partial charge < -0.3 is 0 Å². The Bertz CT molecular complexity index is 64.8. The average Bonchev–Trinajstić information content (AvgIpc) is 1.66. The van der Waals surface area contributed by atoms with Gasteiger partial charge >= 0.3 is 0 Å². The molecule has 0 aliphatic carbocycles. The van der Waals surface area contributed by atoms with Crippen LogP contribution in [0.4, 0.5) is 0 Å². The van der Waals surface area contributed by atoms with Crippen LogP contribution in [0.2, 0.25) is 13.1 Å². The van der Waals surface area contributed by atoms with Gasteiger partial charge in [-0.25, -0.2) is 0 Å². The van der Waals surface area contributed by atoms with Gasteiger partial charge in [-0.05, 0) is 5.92 Å². The van der Waals surface area contributed by atoms with Crippen molar-refractivity contribution in [1.29, 1.82) is 0 Å². The fourth-order valence-corrected chi connectivity index (χ4v) is 0.487. The third-order valence-corrected chi connectivity index (χ3v) is 0.893. The lowest BCUT2D eigenvalue weighted by Gasteiger charge is -1.90. The van der Waals surface area contributed by atoms with Gasteiger partial charge in [0.15, 0.2) is 0 Å². The van der Waals surface area contributed by atoms with E-state index in [-0.39, 0.29) is 0 Å². The summed E-state index contributed by atoms with van der Waals surface area (Å²) in [7, 11) is 2.15.